The van der Waals surface area contributed by atoms with Crippen LogP contribution in [0, 0.1) is 0 Å². The summed E-state index contributed by atoms with van der Waals surface area (Å²) in [6.07, 6.45) is 6.91. The second-order valence-electron chi connectivity index (χ2n) is 5.89. The smallest absolute Gasteiger partial charge is 0.241 e. The third kappa shape index (κ3) is 4.20. The number of carbonyl (C=O) groups is 2. The molecule has 2 rings (SSSR count). The van der Waals surface area contributed by atoms with Gasteiger partial charge in [0.2, 0.25) is 11.8 Å². The Morgan fingerprint density at radius 1 is 1.10 bits per heavy atom. The summed E-state index contributed by atoms with van der Waals surface area (Å²) >= 11 is 0. The maximum Gasteiger partial charge on any atom is 0.241 e. The standard InChI is InChI=1S/C15H27N3O2/c1-2-13-7-3-4-10-18(13)12-14(19)16-11-15(20)17-8-5-6-9-17/h13H,2-12H2,1H3,(H,16,19). The quantitative estimate of drug-likeness (QED) is 0.817. The van der Waals surface area contributed by atoms with Gasteiger partial charge in [-0.3, -0.25) is 14.5 Å². The number of amides is 2. The SMILES string of the molecule is CCC1CCCCN1CC(=O)NCC(=O)N1CCCC1. The van der Waals surface area contributed by atoms with E-state index in [2.05, 4.69) is 17.1 Å². The van der Waals surface area contributed by atoms with Crippen LogP contribution in [-0.4, -0.2) is 60.4 Å². The van der Waals surface area contributed by atoms with Gasteiger partial charge in [-0.2, -0.15) is 0 Å². The second kappa shape index (κ2) is 7.62. The summed E-state index contributed by atoms with van der Waals surface area (Å²) in [5.74, 6) is 0.0411. The number of likely N-dealkylation sites (tertiary alicyclic amines) is 2. The Morgan fingerprint density at radius 3 is 2.50 bits per heavy atom. The van der Waals surface area contributed by atoms with Crippen molar-refractivity contribution in [1.29, 1.82) is 0 Å². The summed E-state index contributed by atoms with van der Waals surface area (Å²) in [7, 11) is 0. The van der Waals surface area contributed by atoms with E-state index in [0.717, 1.165) is 38.9 Å². The molecule has 2 fully saturated rings. The maximum absolute atomic E-state index is 12.0. The molecule has 114 valence electrons. The lowest BCUT2D eigenvalue weighted by atomic mass is 10.0. The minimum atomic E-state index is -0.0158. The number of nitrogens with one attached hydrogen (secondary N) is 1. The van der Waals surface area contributed by atoms with Gasteiger partial charge in [0.05, 0.1) is 13.1 Å². The van der Waals surface area contributed by atoms with Crippen molar-refractivity contribution in [1.82, 2.24) is 15.1 Å². The van der Waals surface area contributed by atoms with Gasteiger partial charge in [0.25, 0.3) is 0 Å². The van der Waals surface area contributed by atoms with Crippen molar-refractivity contribution < 1.29 is 9.59 Å². The molecule has 1 N–H and O–H groups in total. The van der Waals surface area contributed by atoms with Crippen LogP contribution in [0.2, 0.25) is 0 Å². The van der Waals surface area contributed by atoms with Crippen LogP contribution >= 0.6 is 0 Å². The molecule has 0 bridgehead atoms. The minimum absolute atomic E-state index is 0.0158. The van der Waals surface area contributed by atoms with Crippen LogP contribution in [0.15, 0.2) is 0 Å². The number of nitrogens with zero attached hydrogens (tertiary/aromatic N) is 2. The number of carbonyl (C=O) groups excluding carboxylic acids is 2. The van der Waals surface area contributed by atoms with E-state index in [1.54, 1.807) is 0 Å². The molecule has 5 heteroatoms. The normalized spacial score (nSPS) is 23.9. The van der Waals surface area contributed by atoms with Crippen LogP contribution in [-0.2, 0) is 9.59 Å². The summed E-state index contributed by atoms with van der Waals surface area (Å²) < 4.78 is 0. The molecule has 2 aliphatic heterocycles. The third-order valence-electron chi connectivity index (χ3n) is 4.46. The first-order valence-electron chi connectivity index (χ1n) is 7.99. The molecule has 0 aromatic carbocycles. The molecule has 2 saturated heterocycles. The first-order valence-corrected chi connectivity index (χ1v) is 7.99. The molecule has 0 aliphatic carbocycles. The number of hydrogen-bond acceptors (Lipinski definition) is 3. The van der Waals surface area contributed by atoms with Gasteiger partial charge in [0.15, 0.2) is 0 Å². The van der Waals surface area contributed by atoms with Crippen molar-refractivity contribution in [2.24, 2.45) is 0 Å². The number of rotatable bonds is 5. The molecule has 20 heavy (non-hydrogen) atoms. The van der Waals surface area contributed by atoms with Gasteiger partial charge in [-0.1, -0.05) is 13.3 Å². The molecule has 0 radical (unpaired) electrons. The summed E-state index contributed by atoms with van der Waals surface area (Å²) in [5, 5.41) is 2.78. The molecule has 5 nitrogen and oxygen atoms in total. The molecular weight excluding hydrogens is 254 g/mol. The lowest BCUT2D eigenvalue weighted by Gasteiger charge is -2.34. The molecule has 0 spiro atoms. The highest BCUT2D eigenvalue weighted by Crippen LogP contribution is 2.18. The summed E-state index contributed by atoms with van der Waals surface area (Å²) in [4.78, 5) is 27.9. The first kappa shape index (κ1) is 15.3. The van der Waals surface area contributed by atoms with E-state index >= 15 is 0 Å². The average Bonchev–Trinajstić information content (AvgIpc) is 2.99. The highest BCUT2D eigenvalue weighted by atomic mass is 16.2. The van der Waals surface area contributed by atoms with E-state index in [1.807, 2.05) is 4.90 Å². The Morgan fingerprint density at radius 2 is 1.80 bits per heavy atom. The predicted molar refractivity (Wildman–Crippen MR) is 78.3 cm³/mol. The van der Waals surface area contributed by atoms with Crippen LogP contribution < -0.4 is 5.32 Å². The second-order valence-corrected chi connectivity index (χ2v) is 5.89. The first-order chi connectivity index (χ1) is 9.70. The van der Waals surface area contributed by atoms with E-state index in [4.69, 9.17) is 0 Å². The van der Waals surface area contributed by atoms with E-state index in [0.29, 0.717) is 12.6 Å². The van der Waals surface area contributed by atoms with E-state index in [1.165, 1.54) is 19.3 Å². The van der Waals surface area contributed by atoms with Crippen molar-refractivity contribution in [2.75, 3.05) is 32.7 Å². The Kier molecular flexibility index (Phi) is 5.83. The fourth-order valence-corrected chi connectivity index (χ4v) is 3.22. The number of piperidine rings is 1. The number of hydrogen-bond donors (Lipinski definition) is 1. The van der Waals surface area contributed by atoms with Gasteiger partial charge in [0, 0.05) is 19.1 Å². The molecule has 0 aromatic heterocycles. The molecule has 1 unspecified atom stereocenters. The summed E-state index contributed by atoms with van der Waals surface area (Å²) in [5.41, 5.74) is 0. The molecule has 2 heterocycles. The van der Waals surface area contributed by atoms with E-state index in [-0.39, 0.29) is 18.4 Å². The summed E-state index contributed by atoms with van der Waals surface area (Å²) in [6.45, 7) is 5.47. The van der Waals surface area contributed by atoms with Crippen LogP contribution in [0.25, 0.3) is 0 Å². The molecule has 1 atom stereocenters. The fraction of sp³-hybridized carbons (Fsp3) is 0.867. The molecule has 0 aromatic rings. The fourth-order valence-electron chi connectivity index (χ4n) is 3.22. The zero-order valence-corrected chi connectivity index (χ0v) is 12.6. The van der Waals surface area contributed by atoms with Crippen LogP contribution in [0.4, 0.5) is 0 Å². The van der Waals surface area contributed by atoms with E-state index in [9.17, 15) is 9.59 Å². The predicted octanol–water partition coefficient (Wildman–Crippen LogP) is 0.989. The Bertz CT molecular complexity index is 340. The monoisotopic (exact) mass is 281 g/mol. The zero-order chi connectivity index (χ0) is 14.4. The van der Waals surface area contributed by atoms with Gasteiger partial charge in [-0.05, 0) is 38.6 Å². The van der Waals surface area contributed by atoms with Crippen molar-refractivity contribution in [3.05, 3.63) is 0 Å². The lowest BCUT2D eigenvalue weighted by molar-refractivity contribution is -0.132. The molecule has 0 saturated carbocycles. The lowest BCUT2D eigenvalue weighted by Crippen LogP contribution is -2.47. The van der Waals surface area contributed by atoms with Gasteiger partial charge < -0.3 is 10.2 Å². The van der Waals surface area contributed by atoms with Crippen molar-refractivity contribution in [2.45, 2.75) is 51.5 Å². The van der Waals surface area contributed by atoms with Gasteiger partial charge in [-0.25, -0.2) is 0 Å². The topological polar surface area (TPSA) is 52.7 Å². The van der Waals surface area contributed by atoms with E-state index < -0.39 is 0 Å². The highest BCUT2D eigenvalue weighted by Gasteiger charge is 2.23. The average molecular weight is 281 g/mol. The Balaban J connectivity index is 1.70. The molecule has 2 amide bonds. The summed E-state index contributed by atoms with van der Waals surface area (Å²) in [6, 6.07) is 0.531. The van der Waals surface area contributed by atoms with Crippen molar-refractivity contribution in [3.63, 3.8) is 0 Å². The zero-order valence-electron chi connectivity index (χ0n) is 12.6. The van der Waals surface area contributed by atoms with Crippen LogP contribution in [0.3, 0.4) is 0 Å². The maximum atomic E-state index is 12.0. The highest BCUT2D eigenvalue weighted by molar-refractivity contribution is 5.85. The molecular formula is C15H27N3O2. The Hall–Kier alpha value is -1.10. The van der Waals surface area contributed by atoms with Gasteiger partial charge in [0.1, 0.15) is 0 Å². The molecule has 2 aliphatic rings. The largest absolute Gasteiger partial charge is 0.346 e. The third-order valence-corrected chi connectivity index (χ3v) is 4.46. The van der Waals surface area contributed by atoms with Crippen molar-refractivity contribution >= 4 is 11.8 Å². The van der Waals surface area contributed by atoms with Gasteiger partial charge in [-0.15, -0.1) is 0 Å². The minimum Gasteiger partial charge on any atom is -0.346 e. The van der Waals surface area contributed by atoms with Gasteiger partial charge >= 0.3 is 0 Å². The van der Waals surface area contributed by atoms with Crippen molar-refractivity contribution in [3.8, 4) is 0 Å². The van der Waals surface area contributed by atoms with Crippen LogP contribution in [0.1, 0.15) is 45.4 Å². The van der Waals surface area contributed by atoms with Crippen LogP contribution in [0.5, 0.6) is 0 Å². The Labute approximate surface area is 121 Å².